The number of benzene rings is 2. The fourth-order valence-corrected chi connectivity index (χ4v) is 2.16. The van der Waals surface area contributed by atoms with Crippen molar-refractivity contribution < 1.29 is 9.53 Å². The smallest absolute Gasteiger partial charge is 0.251 e. The van der Waals surface area contributed by atoms with Crippen LogP contribution in [-0.2, 0) is 6.42 Å². The second-order valence-electron chi connectivity index (χ2n) is 5.30. The molecule has 0 aromatic heterocycles. The van der Waals surface area contributed by atoms with Crippen LogP contribution in [0, 0.1) is 0 Å². The number of rotatable bonds is 6. The van der Waals surface area contributed by atoms with Crippen LogP contribution in [-0.4, -0.2) is 33.7 Å². The maximum absolute atomic E-state index is 12.1. The highest BCUT2D eigenvalue weighted by molar-refractivity contribution is 5.94. The van der Waals surface area contributed by atoms with Crippen molar-refractivity contribution in [3.8, 4) is 5.75 Å². The molecule has 22 heavy (non-hydrogen) atoms. The molecule has 0 aliphatic rings. The number of carbonyl (C=O) groups is 1. The third-order valence-electron chi connectivity index (χ3n) is 3.48. The summed E-state index contributed by atoms with van der Waals surface area (Å²) in [4.78, 5) is 14.1. The molecule has 0 atom stereocenters. The van der Waals surface area contributed by atoms with E-state index in [1.54, 1.807) is 7.11 Å². The minimum Gasteiger partial charge on any atom is -0.497 e. The first-order chi connectivity index (χ1) is 10.6. The van der Waals surface area contributed by atoms with Gasteiger partial charge in [0.05, 0.1) is 7.11 Å². The number of amides is 1. The van der Waals surface area contributed by atoms with E-state index in [4.69, 9.17) is 4.74 Å². The number of anilines is 1. The van der Waals surface area contributed by atoms with Crippen LogP contribution in [0.3, 0.4) is 0 Å². The summed E-state index contributed by atoms with van der Waals surface area (Å²) in [5.41, 5.74) is 2.90. The zero-order valence-corrected chi connectivity index (χ0v) is 13.3. The van der Waals surface area contributed by atoms with E-state index in [0.717, 1.165) is 23.4 Å². The topological polar surface area (TPSA) is 41.6 Å². The third kappa shape index (κ3) is 4.25. The Bertz CT molecular complexity index is 621. The number of ether oxygens (including phenoxy) is 1. The van der Waals surface area contributed by atoms with Gasteiger partial charge in [-0.1, -0.05) is 12.1 Å². The van der Waals surface area contributed by atoms with E-state index in [-0.39, 0.29) is 5.91 Å². The lowest BCUT2D eigenvalue weighted by molar-refractivity contribution is 0.0954. The van der Waals surface area contributed by atoms with Crippen molar-refractivity contribution in [2.45, 2.75) is 6.42 Å². The van der Waals surface area contributed by atoms with Crippen molar-refractivity contribution in [1.82, 2.24) is 5.32 Å². The summed E-state index contributed by atoms with van der Waals surface area (Å²) < 4.78 is 5.19. The molecule has 0 radical (unpaired) electrons. The summed E-state index contributed by atoms with van der Waals surface area (Å²) in [6.07, 6.45) is 0.777. The molecule has 0 heterocycles. The van der Waals surface area contributed by atoms with Gasteiger partial charge in [-0.3, -0.25) is 4.79 Å². The molecule has 0 spiro atoms. The highest BCUT2D eigenvalue weighted by Gasteiger charge is 2.05. The Balaban J connectivity index is 1.87. The SMILES string of the molecule is COc1cccc(CCNC(=O)c2ccc(N(C)C)cc2)c1. The lowest BCUT2D eigenvalue weighted by Crippen LogP contribution is -2.25. The van der Waals surface area contributed by atoms with Gasteiger partial charge in [0.2, 0.25) is 0 Å². The van der Waals surface area contributed by atoms with Crippen molar-refractivity contribution >= 4 is 11.6 Å². The summed E-state index contributed by atoms with van der Waals surface area (Å²) >= 11 is 0. The average Bonchev–Trinajstić information content (AvgIpc) is 2.55. The van der Waals surface area contributed by atoms with Gasteiger partial charge in [0.25, 0.3) is 5.91 Å². The summed E-state index contributed by atoms with van der Waals surface area (Å²) in [5, 5.41) is 2.94. The second kappa shape index (κ2) is 7.50. The van der Waals surface area contributed by atoms with Gasteiger partial charge in [0.1, 0.15) is 5.75 Å². The van der Waals surface area contributed by atoms with E-state index >= 15 is 0 Å². The maximum atomic E-state index is 12.1. The Morgan fingerprint density at radius 1 is 1.14 bits per heavy atom. The molecule has 4 nitrogen and oxygen atoms in total. The lowest BCUT2D eigenvalue weighted by atomic mass is 10.1. The molecule has 1 amide bonds. The van der Waals surface area contributed by atoms with Gasteiger partial charge in [-0.25, -0.2) is 0 Å². The number of methoxy groups -OCH3 is 1. The standard InChI is InChI=1S/C18H22N2O2/c1-20(2)16-9-7-15(8-10-16)18(21)19-12-11-14-5-4-6-17(13-14)22-3/h4-10,13H,11-12H2,1-3H3,(H,19,21). The van der Waals surface area contributed by atoms with Gasteiger partial charge in [-0.15, -0.1) is 0 Å². The Labute approximate surface area is 131 Å². The molecule has 116 valence electrons. The van der Waals surface area contributed by atoms with E-state index in [2.05, 4.69) is 5.32 Å². The highest BCUT2D eigenvalue weighted by Crippen LogP contribution is 2.13. The minimum absolute atomic E-state index is 0.0480. The molecule has 2 rings (SSSR count). The molecular formula is C18H22N2O2. The molecule has 2 aromatic rings. The lowest BCUT2D eigenvalue weighted by Gasteiger charge is -2.12. The van der Waals surface area contributed by atoms with Gasteiger partial charge in [0, 0.05) is 31.9 Å². The molecule has 0 aliphatic heterocycles. The summed E-state index contributed by atoms with van der Waals surface area (Å²) in [6, 6.07) is 15.4. The van der Waals surface area contributed by atoms with Crippen LogP contribution in [0.15, 0.2) is 48.5 Å². The zero-order chi connectivity index (χ0) is 15.9. The van der Waals surface area contributed by atoms with Crippen LogP contribution in [0.4, 0.5) is 5.69 Å². The second-order valence-corrected chi connectivity index (χ2v) is 5.30. The number of carbonyl (C=O) groups excluding carboxylic acids is 1. The zero-order valence-electron chi connectivity index (χ0n) is 13.3. The molecule has 4 heteroatoms. The Kier molecular flexibility index (Phi) is 5.42. The van der Waals surface area contributed by atoms with Crippen molar-refractivity contribution in [2.75, 3.05) is 32.6 Å². The number of nitrogens with zero attached hydrogens (tertiary/aromatic N) is 1. The molecule has 0 fully saturated rings. The summed E-state index contributed by atoms with van der Waals surface area (Å²) in [6.45, 7) is 0.599. The minimum atomic E-state index is -0.0480. The Hall–Kier alpha value is -2.49. The van der Waals surface area contributed by atoms with Crippen molar-refractivity contribution in [3.63, 3.8) is 0 Å². The van der Waals surface area contributed by atoms with Gasteiger partial charge < -0.3 is 15.0 Å². The quantitative estimate of drug-likeness (QED) is 0.891. The third-order valence-corrected chi connectivity index (χ3v) is 3.48. The molecule has 0 unspecified atom stereocenters. The number of nitrogens with one attached hydrogen (secondary N) is 1. The molecular weight excluding hydrogens is 276 g/mol. The van der Waals surface area contributed by atoms with Gasteiger partial charge in [0.15, 0.2) is 0 Å². The summed E-state index contributed by atoms with van der Waals surface area (Å²) in [5.74, 6) is 0.788. The van der Waals surface area contributed by atoms with E-state index in [1.165, 1.54) is 0 Å². The molecule has 0 saturated heterocycles. The maximum Gasteiger partial charge on any atom is 0.251 e. The van der Waals surface area contributed by atoms with E-state index in [0.29, 0.717) is 12.1 Å². The average molecular weight is 298 g/mol. The number of hydrogen-bond acceptors (Lipinski definition) is 3. The molecule has 0 aliphatic carbocycles. The predicted molar refractivity (Wildman–Crippen MR) is 89.8 cm³/mol. The normalized spacial score (nSPS) is 10.1. The molecule has 1 N–H and O–H groups in total. The highest BCUT2D eigenvalue weighted by atomic mass is 16.5. The van der Waals surface area contributed by atoms with E-state index in [9.17, 15) is 4.79 Å². The van der Waals surface area contributed by atoms with Crippen molar-refractivity contribution in [3.05, 3.63) is 59.7 Å². The van der Waals surface area contributed by atoms with Crippen LogP contribution >= 0.6 is 0 Å². The Morgan fingerprint density at radius 2 is 1.86 bits per heavy atom. The molecule has 0 saturated carbocycles. The van der Waals surface area contributed by atoms with Crippen LogP contribution in [0.5, 0.6) is 5.75 Å². The van der Waals surface area contributed by atoms with Crippen LogP contribution in [0.1, 0.15) is 15.9 Å². The fourth-order valence-electron chi connectivity index (χ4n) is 2.16. The first kappa shape index (κ1) is 15.9. The van der Waals surface area contributed by atoms with Crippen LogP contribution in [0.25, 0.3) is 0 Å². The van der Waals surface area contributed by atoms with Crippen LogP contribution < -0.4 is 15.0 Å². The number of hydrogen-bond donors (Lipinski definition) is 1. The van der Waals surface area contributed by atoms with Gasteiger partial charge in [-0.05, 0) is 48.4 Å². The monoisotopic (exact) mass is 298 g/mol. The van der Waals surface area contributed by atoms with Crippen molar-refractivity contribution in [2.24, 2.45) is 0 Å². The predicted octanol–water partition coefficient (Wildman–Crippen LogP) is 2.73. The van der Waals surface area contributed by atoms with E-state index in [1.807, 2.05) is 67.5 Å². The molecule has 0 bridgehead atoms. The largest absolute Gasteiger partial charge is 0.497 e. The van der Waals surface area contributed by atoms with Gasteiger partial charge >= 0.3 is 0 Å². The van der Waals surface area contributed by atoms with E-state index < -0.39 is 0 Å². The first-order valence-corrected chi connectivity index (χ1v) is 7.28. The first-order valence-electron chi connectivity index (χ1n) is 7.28. The van der Waals surface area contributed by atoms with Gasteiger partial charge in [-0.2, -0.15) is 0 Å². The fraction of sp³-hybridized carbons (Fsp3) is 0.278. The summed E-state index contributed by atoms with van der Waals surface area (Å²) in [7, 11) is 5.60. The Morgan fingerprint density at radius 3 is 2.50 bits per heavy atom. The molecule has 2 aromatic carbocycles. The van der Waals surface area contributed by atoms with Crippen molar-refractivity contribution in [1.29, 1.82) is 0 Å². The van der Waals surface area contributed by atoms with Crippen LogP contribution in [0.2, 0.25) is 0 Å².